The predicted molar refractivity (Wildman–Crippen MR) is 90.0 cm³/mol. The Hall–Kier alpha value is -2.76. The van der Waals surface area contributed by atoms with Crippen LogP contribution in [0.15, 0.2) is 48.7 Å². The first-order valence-corrected chi connectivity index (χ1v) is 7.63. The summed E-state index contributed by atoms with van der Waals surface area (Å²) >= 11 is 0. The van der Waals surface area contributed by atoms with Gasteiger partial charge in [0.1, 0.15) is 5.69 Å². The third kappa shape index (κ3) is 3.53. The Morgan fingerprint density at radius 3 is 2.52 bits per heavy atom. The smallest absolute Gasteiger partial charge is 0.322 e. The summed E-state index contributed by atoms with van der Waals surface area (Å²) < 4.78 is 5.16. The largest absolute Gasteiger partial charge is 0.480 e. The zero-order chi connectivity index (χ0) is 16.1. The molecule has 1 aliphatic rings. The Balaban J connectivity index is 1.58. The van der Waals surface area contributed by atoms with Crippen molar-refractivity contribution < 1.29 is 9.53 Å². The number of carbonyl (C=O) groups excluding carboxylic acids is 1. The molecule has 3 rings (SSSR count). The highest BCUT2D eigenvalue weighted by atomic mass is 16.5. The van der Waals surface area contributed by atoms with E-state index in [0.29, 0.717) is 24.7 Å². The fraction of sp³-hybridized carbons (Fsp3) is 0.294. The maximum Gasteiger partial charge on any atom is 0.322 e. The summed E-state index contributed by atoms with van der Waals surface area (Å²) in [5.41, 5.74) is 1.78. The van der Waals surface area contributed by atoms with Crippen molar-refractivity contribution in [3.05, 3.63) is 48.7 Å². The molecular formula is C17H20N4O2. The lowest BCUT2D eigenvalue weighted by molar-refractivity contribution is 0.208. The maximum absolute atomic E-state index is 12.4. The SMILES string of the molecule is COc1ncccc1NC(=O)N1CCN(c2ccccc2)CC1. The summed E-state index contributed by atoms with van der Waals surface area (Å²) in [7, 11) is 1.54. The number of rotatable bonds is 3. The van der Waals surface area contributed by atoms with Crippen LogP contribution in [-0.2, 0) is 0 Å². The van der Waals surface area contributed by atoms with Gasteiger partial charge in [0.15, 0.2) is 0 Å². The molecule has 1 saturated heterocycles. The van der Waals surface area contributed by atoms with Crippen LogP contribution < -0.4 is 15.0 Å². The van der Waals surface area contributed by atoms with Crippen molar-refractivity contribution in [3.63, 3.8) is 0 Å². The van der Waals surface area contributed by atoms with Gasteiger partial charge >= 0.3 is 6.03 Å². The summed E-state index contributed by atoms with van der Waals surface area (Å²) in [5, 5.41) is 2.87. The van der Waals surface area contributed by atoms with Gasteiger partial charge in [-0.15, -0.1) is 0 Å². The third-order valence-electron chi connectivity index (χ3n) is 3.89. The van der Waals surface area contributed by atoms with E-state index >= 15 is 0 Å². The van der Waals surface area contributed by atoms with Crippen molar-refractivity contribution in [1.29, 1.82) is 0 Å². The van der Waals surface area contributed by atoms with Gasteiger partial charge in [-0.1, -0.05) is 18.2 Å². The summed E-state index contributed by atoms with van der Waals surface area (Å²) in [6.45, 7) is 3.01. The van der Waals surface area contributed by atoms with Crippen LogP contribution in [0.25, 0.3) is 0 Å². The van der Waals surface area contributed by atoms with E-state index in [-0.39, 0.29) is 6.03 Å². The topological polar surface area (TPSA) is 57.7 Å². The molecule has 0 unspecified atom stereocenters. The van der Waals surface area contributed by atoms with Crippen molar-refractivity contribution >= 4 is 17.4 Å². The Labute approximate surface area is 135 Å². The average molecular weight is 312 g/mol. The second kappa shape index (κ2) is 7.00. The molecule has 0 saturated carbocycles. The zero-order valence-corrected chi connectivity index (χ0v) is 13.1. The molecule has 2 heterocycles. The minimum atomic E-state index is -0.121. The number of amides is 2. The van der Waals surface area contributed by atoms with Crippen LogP contribution in [0.3, 0.4) is 0 Å². The molecule has 0 radical (unpaired) electrons. The maximum atomic E-state index is 12.4. The fourth-order valence-electron chi connectivity index (χ4n) is 2.65. The molecule has 23 heavy (non-hydrogen) atoms. The number of piperazine rings is 1. The summed E-state index contributed by atoms with van der Waals surface area (Å²) in [5.74, 6) is 0.420. The number of nitrogens with one attached hydrogen (secondary N) is 1. The van der Waals surface area contributed by atoms with Crippen LogP contribution >= 0.6 is 0 Å². The highest BCUT2D eigenvalue weighted by molar-refractivity contribution is 5.90. The number of ether oxygens (including phenoxy) is 1. The highest BCUT2D eigenvalue weighted by Crippen LogP contribution is 2.21. The number of carbonyl (C=O) groups is 1. The first-order chi connectivity index (χ1) is 11.3. The quantitative estimate of drug-likeness (QED) is 0.946. The summed E-state index contributed by atoms with van der Waals surface area (Å²) in [6, 6.07) is 13.7. The molecule has 1 aromatic heterocycles. The van der Waals surface area contributed by atoms with E-state index in [1.54, 1.807) is 18.3 Å². The summed E-state index contributed by atoms with van der Waals surface area (Å²) in [4.78, 5) is 20.6. The first kappa shape index (κ1) is 15.1. The van der Waals surface area contributed by atoms with Gasteiger partial charge in [-0.05, 0) is 24.3 Å². The van der Waals surface area contributed by atoms with E-state index in [4.69, 9.17) is 4.74 Å². The number of para-hydroxylation sites is 1. The molecule has 1 aliphatic heterocycles. The predicted octanol–water partition coefficient (Wildman–Crippen LogP) is 2.44. The zero-order valence-electron chi connectivity index (χ0n) is 13.1. The van der Waals surface area contributed by atoms with Crippen molar-refractivity contribution in [3.8, 4) is 5.88 Å². The molecule has 1 N–H and O–H groups in total. The molecule has 1 aromatic carbocycles. The monoisotopic (exact) mass is 312 g/mol. The van der Waals surface area contributed by atoms with E-state index in [0.717, 1.165) is 13.1 Å². The van der Waals surface area contributed by atoms with Gasteiger partial charge in [-0.3, -0.25) is 0 Å². The molecule has 0 atom stereocenters. The first-order valence-electron chi connectivity index (χ1n) is 7.63. The van der Waals surface area contributed by atoms with Crippen molar-refractivity contribution in [2.75, 3.05) is 43.5 Å². The van der Waals surface area contributed by atoms with E-state index in [1.807, 2.05) is 23.1 Å². The third-order valence-corrected chi connectivity index (χ3v) is 3.89. The number of anilines is 2. The number of pyridine rings is 1. The van der Waals surface area contributed by atoms with Crippen LogP contribution in [0.1, 0.15) is 0 Å². The molecule has 2 amide bonds. The van der Waals surface area contributed by atoms with E-state index < -0.39 is 0 Å². The normalized spacial score (nSPS) is 14.5. The number of aromatic nitrogens is 1. The number of nitrogens with zero attached hydrogens (tertiary/aromatic N) is 3. The van der Waals surface area contributed by atoms with Crippen LogP contribution in [0.5, 0.6) is 5.88 Å². The Morgan fingerprint density at radius 1 is 1.09 bits per heavy atom. The second-order valence-electron chi connectivity index (χ2n) is 5.30. The van der Waals surface area contributed by atoms with Gasteiger partial charge in [-0.25, -0.2) is 9.78 Å². The van der Waals surface area contributed by atoms with Crippen LogP contribution in [0.4, 0.5) is 16.2 Å². The minimum absolute atomic E-state index is 0.121. The molecular weight excluding hydrogens is 292 g/mol. The Morgan fingerprint density at radius 2 is 1.83 bits per heavy atom. The number of benzene rings is 1. The second-order valence-corrected chi connectivity index (χ2v) is 5.30. The van der Waals surface area contributed by atoms with Crippen LogP contribution in [0.2, 0.25) is 0 Å². The van der Waals surface area contributed by atoms with Gasteiger partial charge < -0.3 is 19.9 Å². The lowest BCUT2D eigenvalue weighted by atomic mass is 10.2. The molecule has 0 spiro atoms. The van der Waals surface area contributed by atoms with Crippen LogP contribution in [-0.4, -0.2) is 49.2 Å². The van der Waals surface area contributed by atoms with Gasteiger partial charge in [0.2, 0.25) is 5.88 Å². The fourth-order valence-corrected chi connectivity index (χ4v) is 2.65. The number of methoxy groups -OCH3 is 1. The van der Waals surface area contributed by atoms with Gasteiger partial charge in [0.25, 0.3) is 0 Å². The molecule has 1 fully saturated rings. The molecule has 2 aromatic rings. The molecule has 6 heteroatoms. The van der Waals surface area contributed by atoms with Gasteiger partial charge in [-0.2, -0.15) is 0 Å². The van der Waals surface area contributed by atoms with Crippen molar-refractivity contribution in [2.24, 2.45) is 0 Å². The van der Waals surface area contributed by atoms with Gasteiger partial charge in [0, 0.05) is 38.1 Å². The summed E-state index contributed by atoms with van der Waals surface area (Å²) in [6.07, 6.45) is 1.63. The van der Waals surface area contributed by atoms with E-state index in [1.165, 1.54) is 12.8 Å². The lowest BCUT2D eigenvalue weighted by Crippen LogP contribution is -2.50. The van der Waals surface area contributed by atoms with Crippen molar-refractivity contribution in [1.82, 2.24) is 9.88 Å². The van der Waals surface area contributed by atoms with Gasteiger partial charge in [0.05, 0.1) is 7.11 Å². The van der Waals surface area contributed by atoms with E-state index in [9.17, 15) is 4.79 Å². The standard InChI is InChI=1S/C17H20N4O2/c1-23-16-15(8-5-9-18-16)19-17(22)21-12-10-20(11-13-21)14-6-3-2-4-7-14/h2-9H,10-13H2,1H3,(H,19,22). The average Bonchev–Trinajstić information content (AvgIpc) is 2.63. The lowest BCUT2D eigenvalue weighted by Gasteiger charge is -2.36. The van der Waals surface area contributed by atoms with E-state index in [2.05, 4.69) is 27.3 Å². The highest BCUT2D eigenvalue weighted by Gasteiger charge is 2.22. The number of hydrogen-bond acceptors (Lipinski definition) is 4. The van der Waals surface area contributed by atoms with Crippen molar-refractivity contribution in [2.45, 2.75) is 0 Å². The molecule has 0 aliphatic carbocycles. The Bertz CT molecular complexity index is 655. The number of hydrogen-bond donors (Lipinski definition) is 1. The molecule has 6 nitrogen and oxygen atoms in total. The number of urea groups is 1. The minimum Gasteiger partial charge on any atom is -0.480 e. The molecule has 120 valence electrons. The molecule has 0 bridgehead atoms. The Kier molecular flexibility index (Phi) is 4.61. The van der Waals surface area contributed by atoms with Crippen LogP contribution in [0, 0.1) is 0 Å².